The van der Waals surface area contributed by atoms with Gasteiger partial charge in [-0.05, 0) is 30.3 Å². The number of phenolic OH excluding ortho intramolecular Hbond substituents is 1. The molecule has 0 spiro atoms. The van der Waals surface area contributed by atoms with Gasteiger partial charge in [0.05, 0.1) is 11.3 Å². The normalized spacial score (nSPS) is 10.3. The summed E-state index contributed by atoms with van der Waals surface area (Å²) < 4.78 is 13.5. The molecule has 0 aliphatic heterocycles. The highest BCUT2D eigenvalue weighted by Gasteiger charge is 2.17. The maximum Gasteiger partial charge on any atom is 0.166 e. The maximum atomic E-state index is 13.5. The fourth-order valence-corrected chi connectivity index (χ4v) is 2.43. The van der Waals surface area contributed by atoms with E-state index in [-0.39, 0.29) is 28.5 Å². The van der Waals surface area contributed by atoms with Crippen LogP contribution in [0.3, 0.4) is 0 Å². The van der Waals surface area contributed by atoms with Gasteiger partial charge in [0.2, 0.25) is 0 Å². The lowest BCUT2D eigenvalue weighted by Crippen LogP contribution is -2.03. The van der Waals surface area contributed by atoms with Crippen molar-refractivity contribution in [3.63, 3.8) is 0 Å². The van der Waals surface area contributed by atoms with Crippen LogP contribution in [0.15, 0.2) is 42.5 Å². The van der Waals surface area contributed by atoms with Crippen LogP contribution in [0.1, 0.15) is 5.56 Å². The lowest BCUT2D eigenvalue weighted by molar-refractivity contribution is 0.475. The van der Waals surface area contributed by atoms with E-state index in [2.05, 4.69) is 15.3 Å². The fourth-order valence-electron chi connectivity index (χ4n) is 2.43. The van der Waals surface area contributed by atoms with Crippen molar-refractivity contribution < 1.29 is 9.50 Å². The van der Waals surface area contributed by atoms with Crippen molar-refractivity contribution in [1.82, 2.24) is 9.97 Å². The first kappa shape index (κ1) is 16.2. The second-order valence-electron chi connectivity index (χ2n) is 5.26. The van der Waals surface area contributed by atoms with E-state index >= 15 is 0 Å². The molecule has 3 aromatic rings. The van der Waals surface area contributed by atoms with Crippen LogP contribution in [0.25, 0.3) is 22.6 Å². The molecule has 0 bridgehead atoms. The van der Waals surface area contributed by atoms with E-state index in [4.69, 9.17) is 5.73 Å². The van der Waals surface area contributed by atoms with Gasteiger partial charge in [-0.15, -0.1) is 0 Å². The molecule has 0 amide bonds. The van der Waals surface area contributed by atoms with Crippen LogP contribution in [0.5, 0.6) is 5.75 Å². The molecule has 0 aliphatic carbocycles. The smallest absolute Gasteiger partial charge is 0.166 e. The molecule has 124 valence electrons. The highest BCUT2D eigenvalue weighted by Crippen LogP contribution is 2.32. The molecular formula is C18H14FN5O. The number of hydrogen-bond acceptors (Lipinski definition) is 6. The van der Waals surface area contributed by atoms with Crippen molar-refractivity contribution in [3.05, 3.63) is 53.8 Å². The molecule has 7 heteroatoms. The number of anilines is 2. The van der Waals surface area contributed by atoms with E-state index in [9.17, 15) is 14.8 Å². The second kappa shape index (κ2) is 6.45. The topological polar surface area (TPSA) is 108 Å². The fraction of sp³-hybridized carbons (Fsp3) is 0.0556. The molecule has 0 saturated heterocycles. The Labute approximate surface area is 143 Å². The van der Waals surface area contributed by atoms with Gasteiger partial charge in [-0.2, -0.15) is 5.26 Å². The number of aromatic nitrogens is 2. The van der Waals surface area contributed by atoms with Crippen molar-refractivity contribution in [2.75, 3.05) is 18.1 Å². The standard InChI is InChI=1S/C18H14FN5O/c1-22-12-4-2-3-10(7-12)16-14(9-20)17(21)24-18(23-16)13-8-11(19)5-6-15(13)25/h2-8,22,25H,1H3,(H2,21,23,24). The zero-order chi connectivity index (χ0) is 18.0. The van der Waals surface area contributed by atoms with Crippen molar-refractivity contribution in [2.45, 2.75) is 0 Å². The number of halogens is 1. The molecule has 0 fully saturated rings. The van der Waals surface area contributed by atoms with Gasteiger partial charge in [0.1, 0.15) is 29.0 Å². The molecule has 0 aliphatic rings. The molecule has 0 unspecified atom stereocenters. The Morgan fingerprint density at radius 2 is 2.00 bits per heavy atom. The summed E-state index contributed by atoms with van der Waals surface area (Å²) in [5.74, 6) is -0.724. The van der Waals surface area contributed by atoms with E-state index in [1.165, 1.54) is 6.07 Å². The zero-order valence-corrected chi connectivity index (χ0v) is 13.3. The van der Waals surface area contributed by atoms with Crippen LogP contribution in [0, 0.1) is 17.1 Å². The molecule has 2 aromatic carbocycles. The maximum absolute atomic E-state index is 13.5. The summed E-state index contributed by atoms with van der Waals surface area (Å²) in [6, 6.07) is 12.7. The van der Waals surface area contributed by atoms with Crippen molar-refractivity contribution in [2.24, 2.45) is 0 Å². The molecule has 25 heavy (non-hydrogen) atoms. The first-order valence-corrected chi connectivity index (χ1v) is 7.38. The van der Waals surface area contributed by atoms with Crippen LogP contribution in [-0.2, 0) is 0 Å². The van der Waals surface area contributed by atoms with E-state index in [0.29, 0.717) is 11.3 Å². The number of nitrogens with one attached hydrogen (secondary N) is 1. The minimum Gasteiger partial charge on any atom is -0.507 e. The van der Waals surface area contributed by atoms with E-state index in [0.717, 1.165) is 17.8 Å². The molecule has 3 rings (SSSR count). The van der Waals surface area contributed by atoms with Crippen LogP contribution in [0.4, 0.5) is 15.9 Å². The summed E-state index contributed by atoms with van der Waals surface area (Å²) in [4.78, 5) is 8.40. The second-order valence-corrected chi connectivity index (χ2v) is 5.26. The molecule has 0 atom stereocenters. The van der Waals surface area contributed by atoms with Gasteiger partial charge in [0, 0.05) is 18.3 Å². The van der Waals surface area contributed by atoms with Gasteiger partial charge in [0.25, 0.3) is 0 Å². The third-order valence-electron chi connectivity index (χ3n) is 3.67. The third-order valence-corrected chi connectivity index (χ3v) is 3.67. The number of aromatic hydroxyl groups is 1. The number of rotatable bonds is 3. The van der Waals surface area contributed by atoms with E-state index in [1.54, 1.807) is 25.2 Å². The number of nitrogens with zero attached hydrogens (tertiary/aromatic N) is 3. The molecule has 0 saturated carbocycles. The summed E-state index contributed by atoms with van der Waals surface area (Å²) in [6.07, 6.45) is 0. The summed E-state index contributed by atoms with van der Waals surface area (Å²) in [6.45, 7) is 0. The van der Waals surface area contributed by atoms with Gasteiger partial charge in [-0.3, -0.25) is 0 Å². The van der Waals surface area contributed by atoms with Crippen molar-refractivity contribution in [3.8, 4) is 34.5 Å². The van der Waals surface area contributed by atoms with Gasteiger partial charge in [-0.1, -0.05) is 12.1 Å². The first-order chi connectivity index (χ1) is 12.0. The van der Waals surface area contributed by atoms with E-state index in [1.807, 2.05) is 12.1 Å². The largest absolute Gasteiger partial charge is 0.507 e. The molecule has 4 N–H and O–H groups in total. The van der Waals surface area contributed by atoms with Crippen LogP contribution >= 0.6 is 0 Å². The Morgan fingerprint density at radius 3 is 2.72 bits per heavy atom. The highest BCUT2D eigenvalue weighted by atomic mass is 19.1. The van der Waals surface area contributed by atoms with Gasteiger partial charge in [-0.25, -0.2) is 14.4 Å². The predicted octanol–water partition coefficient (Wildman–Crippen LogP) is 3.15. The summed E-state index contributed by atoms with van der Waals surface area (Å²) >= 11 is 0. The van der Waals surface area contributed by atoms with Crippen molar-refractivity contribution in [1.29, 1.82) is 5.26 Å². The van der Waals surface area contributed by atoms with Gasteiger partial charge >= 0.3 is 0 Å². The summed E-state index contributed by atoms with van der Waals surface area (Å²) in [7, 11) is 1.77. The quantitative estimate of drug-likeness (QED) is 0.678. The van der Waals surface area contributed by atoms with Crippen LogP contribution in [-0.4, -0.2) is 22.1 Å². The van der Waals surface area contributed by atoms with Crippen LogP contribution < -0.4 is 11.1 Å². The highest BCUT2D eigenvalue weighted by molar-refractivity contribution is 5.77. The average molecular weight is 335 g/mol. The Morgan fingerprint density at radius 1 is 1.20 bits per heavy atom. The number of nitriles is 1. The minimum atomic E-state index is -0.543. The molecule has 0 radical (unpaired) electrons. The third kappa shape index (κ3) is 3.05. The lowest BCUT2D eigenvalue weighted by atomic mass is 10.1. The average Bonchev–Trinajstić information content (AvgIpc) is 2.63. The number of nitrogen functional groups attached to an aromatic ring is 1. The van der Waals surface area contributed by atoms with E-state index < -0.39 is 5.82 Å². The monoisotopic (exact) mass is 335 g/mol. The zero-order valence-electron chi connectivity index (χ0n) is 13.3. The molecular weight excluding hydrogens is 321 g/mol. The Bertz CT molecular complexity index is 997. The first-order valence-electron chi connectivity index (χ1n) is 7.38. The Hall–Kier alpha value is -3.66. The van der Waals surface area contributed by atoms with Gasteiger partial charge < -0.3 is 16.2 Å². The SMILES string of the molecule is CNc1cccc(-c2nc(-c3cc(F)ccc3O)nc(N)c2C#N)c1. The predicted molar refractivity (Wildman–Crippen MR) is 93.2 cm³/mol. The Balaban J connectivity index is 2.26. The van der Waals surface area contributed by atoms with Gasteiger partial charge in [0.15, 0.2) is 5.82 Å². The Kier molecular flexibility index (Phi) is 4.18. The molecule has 1 aromatic heterocycles. The van der Waals surface area contributed by atoms with Crippen molar-refractivity contribution >= 4 is 11.5 Å². The summed E-state index contributed by atoms with van der Waals surface area (Å²) in [5, 5.41) is 22.4. The minimum absolute atomic E-state index is 0.0401. The number of hydrogen-bond donors (Lipinski definition) is 3. The van der Waals surface area contributed by atoms with Crippen LogP contribution in [0.2, 0.25) is 0 Å². The number of phenols is 1. The lowest BCUT2D eigenvalue weighted by Gasteiger charge is -2.11. The number of benzene rings is 2. The molecule has 6 nitrogen and oxygen atoms in total. The molecule has 1 heterocycles. The number of nitrogens with two attached hydrogens (primary N) is 1. The summed E-state index contributed by atoms with van der Waals surface area (Å²) in [5.41, 5.74) is 7.91.